The van der Waals surface area contributed by atoms with Crippen LogP contribution in [0.15, 0.2) is 53.3 Å². The number of anilines is 1. The van der Waals surface area contributed by atoms with Crippen molar-refractivity contribution in [2.24, 2.45) is 0 Å². The first-order chi connectivity index (χ1) is 16.4. The fourth-order valence-electron chi connectivity index (χ4n) is 3.12. The number of benzene rings is 2. The number of fused-ring (bicyclic) bond motifs is 1. The Labute approximate surface area is 192 Å². The van der Waals surface area contributed by atoms with E-state index < -0.39 is 29.9 Å². The largest absolute Gasteiger partial charge is 0.486 e. The summed E-state index contributed by atoms with van der Waals surface area (Å²) in [6.07, 6.45) is 0. The maximum absolute atomic E-state index is 13.2. The number of hydrogen-bond acceptors (Lipinski definition) is 8. The van der Waals surface area contributed by atoms with Gasteiger partial charge in [-0.2, -0.15) is 9.78 Å². The summed E-state index contributed by atoms with van der Waals surface area (Å²) < 4.78 is 35.5. The van der Waals surface area contributed by atoms with Gasteiger partial charge in [-0.3, -0.25) is 9.59 Å². The Hall–Kier alpha value is -4.41. The molecule has 0 unspecified atom stereocenters. The lowest BCUT2D eigenvalue weighted by molar-refractivity contribution is -0.118. The third-order valence-electron chi connectivity index (χ3n) is 4.62. The Balaban J connectivity index is 1.52. The lowest BCUT2D eigenvalue weighted by atomic mass is 10.2. The van der Waals surface area contributed by atoms with E-state index in [1.165, 1.54) is 12.1 Å². The molecule has 0 saturated carbocycles. The Morgan fingerprint density at radius 1 is 1.09 bits per heavy atom. The molecular formula is C23H20FN3O7. The first kappa shape index (κ1) is 22.8. The summed E-state index contributed by atoms with van der Waals surface area (Å²) in [6, 6.07) is 10.9. The van der Waals surface area contributed by atoms with E-state index in [-0.39, 0.29) is 23.7 Å². The van der Waals surface area contributed by atoms with Gasteiger partial charge in [0.1, 0.15) is 19.0 Å². The number of nitrogens with one attached hydrogen (secondary N) is 1. The molecule has 176 valence electrons. The first-order valence-electron chi connectivity index (χ1n) is 10.3. The number of carbonyl (C=O) groups is 2. The molecule has 11 heteroatoms. The van der Waals surface area contributed by atoms with E-state index in [1.54, 1.807) is 25.1 Å². The third kappa shape index (κ3) is 5.14. The number of hydrogen-bond donors (Lipinski definition) is 1. The highest BCUT2D eigenvalue weighted by Gasteiger charge is 2.21. The predicted molar refractivity (Wildman–Crippen MR) is 117 cm³/mol. The van der Waals surface area contributed by atoms with Crippen LogP contribution in [0.3, 0.4) is 0 Å². The van der Waals surface area contributed by atoms with Gasteiger partial charge in [-0.1, -0.05) is 0 Å². The number of amides is 1. The Morgan fingerprint density at radius 2 is 1.82 bits per heavy atom. The average molecular weight is 469 g/mol. The van der Waals surface area contributed by atoms with Crippen molar-refractivity contribution >= 4 is 17.6 Å². The van der Waals surface area contributed by atoms with Crippen LogP contribution in [0.1, 0.15) is 17.4 Å². The van der Waals surface area contributed by atoms with E-state index in [0.29, 0.717) is 30.4 Å². The molecule has 4 rings (SSSR count). The van der Waals surface area contributed by atoms with Crippen LogP contribution in [0.25, 0.3) is 5.69 Å². The number of aromatic nitrogens is 2. The van der Waals surface area contributed by atoms with Gasteiger partial charge in [0, 0.05) is 11.8 Å². The number of rotatable bonds is 7. The normalized spacial score (nSPS) is 12.1. The maximum atomic E-state index is 13.2. The zero-order chi connectivity index (χ0) is 24.1. The van der Waals surface area contributed by atoms with Crippen molar-refractivity contribution < 1.29 is 32.9 Å². The Kier molecular flexibility index (Phi) is 6.72. The van der Waals surface area contributed by atoms with Crippen LogP contribution in [0.5, 0.6) is 17.2 Å². The minimum atomic E-state index is -0.847. The monoisotopic (exact) mass is 469 g/mol. The Morgan fingerprint density at radius 3 is 2.56 bits per heavy atom. The molecular weight excluding hydrogens is 449 g/mol. The van der Waals surface area contributed by atoms with Crippen LogP contribution < -0.4 is 25.1 Å². The molecule has 3 aromatic rings. The van der Waals surface area contributed by atoms with E-state index in [1.807, 2.05) is 0 Å². The molecule has 0 fully saturated rings. The summed E-state index contributed by atoms with van der Waals surface area (Å²) in [6.45, 7) is 2.00. The van der Waals surface area contributed by atoms with Crippen molar-refractivity contribution in [3.8, 4) is 22.9 Å². The van der Waals surface area contributed by atoms with Gasteiger partial charge in [-0.15, -0.1) is 0 Å². The van der Waals surface area contributed by atoms with Crippen LogP contribution in [0, 0.1) is 5.82 Å². The molecule has 0 saturated heterocycles. The smallest absolute Gasteiger partial charge is 0.362 e. The summed E-state index contributed by atoms with van der Waals surface area (Å²) in [5.41, 5.74) is -0.270. The molecule has 2 aromatic carbocycles. The Bertz CT molecular complexity index is 1270. The van der Waals surface area contributed by atoms with E-state index >= 15 is 0 Å². The van der Waals surface area contributed by atoms with Gasteiger partial charge in [-0.25, -0.2) is 9.18 Å². The predicted octanol–water partition coefficient (Wildman–Crippen LogP) is 2.34. The minimum absolute atomic E-state index is 0.0558. The number of halogens is 1. The van der Waals surface area contributed by atoms with Crippen LogP contribution >= 0.6 is 0 Å². The van der Waals surface area contributed by atoms with Gasteiger partial charge < -0.3 is 24.3 Å². The lowest BCUT2D eigenvalue weighted by Gasteiger charge is -2.19. The third-order valence-corrected chi connectivity index (χ3v) is 4.62. The second-order valence-corrected chi connectivity index (χ2v) is 7.00. The molecule has 2 heterocycles. The van der Waals surface area contributed by atoms with Gasteiger partial charge in [-0.05, 0) is 43.3 Å². The highest BCUT2D eigenvalue weighted by molar-refractivity contribution is 5.93. The minimum Gasteiger partial charge on any atom is -0.486 e. The molecule has 0 bridgehead atoms. The fraction of sp³-hybridized carbons (Fsp3) is 0.217. The molecule has 34 heavy (non-hydrogen) atoms. The van der Waals surface area contributed by atoms with E-state index in [4.69, 9.17) is 18.9 Å². The topological polar surface area (TPSA) is 118 Å². The van der Waals surface area contributed by atoms with Crippen molar-refractivity contribution in [3.63, 3.8) is 0 Å². The van der Waals surface area contributed by atoms with Crippen LogP contribution in [-0.4, -0.2) is 48.1 Å². The van der Waals surface area contributed by atoms with Crippen LogP contribution in [-0.2, 0) is 9.53 Å². The molecule has 0 spiro atoms. The summed E-state index contributed by atoms with van der Waals surface area (Å²) in [5.74, 6) is -1.03. The SMILES string of the molecule is CCOC(=O)c1nn(-c2ccc(F)cc2)c(=O)cc1OCC(=O)Nc1ccc2c(c1)OCCO2. The van der Waals surface area contributed by atoms with Gasteiger partial charge in [0.25, 0.3) is 11.5 Å². The summed E-state index contributed by atoms with van der Waals surface area (Å²) in [7, 11) is 0. The van der Waals surface area contributed by atoms with E-state index in [9.17, 15) is 18.8 Å². The van der Waals surface area contributed by atoms with Crippen molar-refractivity contribution in [2.75, 3.05) is 31.7 Å². The van der Waals surface area contributed by atoms with Gasteiger partial charge in [0.15, 0.2) is 23.9 Å². The molecule has 0 atom stereocenters. The van der Waals surface area contributed by atoms with Crippen molar-refractivity contribution in [1.82, 2.24) is 9.78 Å². The van der Waals surface area contributed by atoms with E-state index in [2.05, 4.69) is 10.4 Å². The van der Waals surface area contributed by atoms with Gasteiger partial charge in [0.2, 0.25) is 5.69 Å². The second-order valence-electron chi connectivity index (χ2n) is 7.00. The first-order valence-corrected chi connectivity index (χ1v) is 10.3. The average Bonchev–Trinajstić information content (AvgIpc) is 2.83. The number of nitrogens with zero attached hydrogens (tertiary/aromatic N) is 2. The number of esters is 1. The fourth-order valence-corrected chi connectivity index (χ4v) is 3.12. The van der Waals surface area contributed by atoms with Crippen molar-refractivity contribution in [1.29, 1.82) is 0 Å². The number of carbonyl (C=O) groups excluding carboxylic acids is 2. The molecule has 0 radical (unpaired) electrons. The second kappa shape index (κ2) is 10.0. The highest BCUT2D eigenvalue weighted by atomic mass is 19.1. The summed E-state index contributed by atoms with van der Waals surface area (Å²) >= 11 is 0. The van der Waals surface area contributed by atoms with Gasteiger partial charge >= 0.3 is 5.97 Å². The number of ether oxygens (including phenoxy) is 4. The van der Waals surface area contributed by atoms with E-state index in [0.717, 1.165) is 22.9 Å². The molecule has 0 aliphatic carbocycles. The zero-order valence-electron chi connectivity index (χ0n) is 18.1. The highest BCUT2D eigenvalue weighted by Crippen LogP contribution is 2.32. The van der Waals surface area contributed by atoms with Crippen molar-refractivity contribution in [3.05, 3.63) is 70.4 Å². The molecule has 1 N–H and O–H groups in total. The lowest BCUT2D eigenvalue weighted by Crippen LogP contribution is -2.27. The van der Waals surface area contributed by atoms with Crippen LogP contribution in [0.2, 0.25) is 0 Å². The van der Waals surface area contributed by atoms with Crippen molar-refractivity contribution in [2.45, 2.75) is 6.92 Å². The molecule has 10 nitrogen and oxygen atoms in total. The molecule has 1 amide bonds. The maximum Gasteiger partial charge on any atom is 0.362 e. The van der Waals surface area contributed by atoms with Crippen LogP contribution in [0.4, 0.5) is 10.1 Å². The molecule has 1 aliphatic heterocycles. The van der Waals surface area contributed by atoms with Gasteiger partial charge in [0.05, 0.1) is 18.4 Å². The zero-order valence-corrected chi connectivity index (χ0v) is 18.1. The summed E-state index contributed by atoms with van der Waals surface area (Å²) in [4.78, 5) is 37.4. The molecule has 1 aliphatic rings. The summed E-state index contributed by atoms with van der Waals surface area (Å²) in [5, 5.41) is 6.66. The standard InChI is InChI=1S/C23H20FN3O7/c1-2-31-23(30)22-19(12-21(29)27(26-22)16-6-3-14(24)4-7-16)34-13-20(28)25-15-5-8-17-18(11-15)33-10-9-32-17/h3-8,11-12H,2,9-10,13H2,1H3,(H,25,28). The molecule has 1 aromatic heterocycles. The quantitative estimate of drug-likeness (QED) is 0.524.